The van der Waals surface area contributed by atoms with E-state index in [0.717, 1.165) is 14.9 Å². The molecular weight excluding hydrogens is 374 g/mol. The lowest BCUT2D eigenvalue weighted by Gasteiger charge is -2.19. The molecule has 0 aromatic heterocycles. The Labute approximate surface area is 147 Å². The number of aryl methyl sites for hydroxylation is 1. The van der Waals surface area contributed by atoms with Crippen LogP contribution in [0, 0.1) is 6.92 Å². The van der Waals surface area contributed by atoms with Gasteiger partial charge in [-0.3, -0.25) is 14.4 Å². The molecule has 3 N–H and O–H groups in total. The van der Waals surface area contributed by atoms with Crippen LogP contribution < -0.4 is 16.0 Å². The topological polar surface area (TPSA) is 92.5 Å². The van der Waals surface area contributed by atoms with E-state index in [1.165, 1.54) is 19.1 Å². The van der Waals surface area contributed by atoms with Crippen LogP contribution in [0.15, 0.2) is 46.9 Å². The summed E-state index contributed by atoms with van der Waals surface area (Å²) >= 11 is 3.36. The molecule has 0 heterocycles. The number of carbonyl (C=O) groups excluding carboxylic acids is 3. The number of anilines is 3. The fraction of sp³-hybridized carbons (Fsp3) is 0.118. The summed E-state index contributed by atoms with van der Waals surface area (Å²) < 4.78 is 0.886. The minimum absolute atomic E-state index is 0.245. The minimum atomic E-state index is -0.978. The van der Waals surface area contributed by atoms with Crippen LogP contribution in [0.25, 0.3) is 0 Å². The Bertz CT molecular complexity index is 820. The molecule has 24 heavy (non-hydrogen) atoms. The molecular formula is C17H16BrN3O3. The van der Waals surface area contributed by atoms with E-state index in [9.17, 15) is 14.4 Å². The van der Waals surface area contributed by atoms with E-state index in [1.54, 1.807) is 30.3 Å². The summed E-state index contributed by atoms with van der Waals surface area (Å²) in [6.45, 7) is 3.06. The van der Waals surface area contributed by atoms with Crippen LogP contribution in [-0.2, 0) is 14.4 Å². The van der Waals surface area contributed by atoms with Crippen molar-refractivity contribution in [2.45, 2.75) is 13.8 Å². The van der Waals surface area contributed by atoms with E-state index in [0.29, 0.717) is 11.4 Å². The molecule has 0 aliphatic rings. The Morgan fingerprint density at radius 2 is 1.83 bits per heavy atom. The number of hydrogen-bond acceptors (Lipinski definition) is 4. The molecule has 0 saturated carbocycles. The lowest BCUT2D eigenvalue weighted by Crippen LogP contribution is -2.42. The van der Waals surface area contributed by atoms with Gasteiger partial charge in [-0.25, -0.2) is 4.90 Å². The molecule has 3 amide bonds. The number of nitrogens with one attached hydrogen (secondary N) is 1. The highest BCUT2D eigenvalue weighted by Crippen LogP contribution is 2.21. The molecule has 0 spiro atoms. The van der Waals surface area contributed by atoms with Gasteiger partial charge in [0, 0.05) is 22.8 Å². The van der Waals surface area contributed by atoms with Gasteiger partial charge in [0.25, 0.3) is 0 Å². The molecule has 7 heteroatoms. The maximum absolute atomic E-state index is 12.4. The zero-order valence-corrected chi connectivity index (χ0v) is 14.8. The third-order valence-electron chi connectivity index (χ3n) is 3.26. The summed E-state index contributed by atoms with van der Waals surface area (Å²) in [6, 6.07) is 11.3. The largest absolute Gasteiger partial charge is 0.399 e. The number of imide groups is 1. The number of rotatable bonds is 2. The summed E-state index contributed by atoms with van der Waals surface area (Å²) in [7, 11) is 0. The quantitative estimate of drug-likeness (QED) is 0.609. The zero-order valence-electron chi connectivity index (χ0n) is 13.2. The van der Waals surface area contributed by atoms with Crippen molar-refractivity contribution in [3.05, 3.63) is 52.5 Å². The van der Waals surface area contributed by atoms with Gasteiger partial charge >= 0.3 is 11.8 Å². The van der Waals surface area contributed by atoms with Crippen molar-refractivity contribution in [3.8, 4) is 0 Å². The van der Waals surface area contributed by atoms with Crippen molar-refractivity contribution in [1.29, 1.82) is 0 Å². The summed E-state index contributed by atoms with van der Waals surface area (Å²) in [4.78, 5) is 37.2. The fourth-order valence-electron chi connectivity index (χ4n) is 2.11. The summed E-state index contributed by atoms with van der Waals surface area (Å²) in [5.41, 5.74) is 7.67. The molecule has 0 saturated heterocycles. The van der Waals surface area contributed by atoms with Crippen molar-refractivity contribution in [1.82, 2.24) is 0 Å². The van der Waals surface area contributed by atoms with Crippen LogP contribution in [0.2, 0.25) is 0 Å². The van der Waals surface area contributed by atoms with E-state index in [4.69, 9.17) is 5.73 Å². The maximum Gasteiger partial charge on any atom is 0.323 e. The molecule has 0 unspecified atom stereocenters. The van der Waals surface area contributed by atoms with Gasteiger partial charge in [0.2, 0.25) is 5.91 Å². The number of nitrogens with two attached hydrogens (primary N) is 1. The third-order valence-corrected chi connectivity index (χ3v) is 4.15. The fourth-order valence-corrected chi connectivity index (χ4v) is 2.36. The van der Waals surface area contributed by atoms with Crippen LogP contribution in [0.3, 0.4) is 0 Å². The van der Waals surface area contributed by atoms with Gasteiger partial charge in [0.1, 0.15) is 0 Å². The molecule has 0 atom stereocenters. The average molecular weight is 390 g/mol. The number of nitrogen functional groups attached to an aromatic ring is 1. The first-order chi connectivity index (χ1) is 11.3. The number of nitrogens with zero attached hydrogens (tertiary/aromatic N) is 1. The standard InChI is InChI=1S/C17H16BrN3O3/c1-10-8-13(6-7-15(10)18)20-16(23)17(24)21(11(2)22)14-5-3-4-12(19)9-14/h3-9H,19H2,1-2H3,(H,20,23). The second kappa shape index (κ2) is 7.27. The lowest BCUT2D eigenvalue weighted by atomic mass is 10.2. The molecule has 2 rings (SSSR count). The normalized spacial score (nSPS) is 10.1. The molecule has 124 valence electrons. The molecule has 2 aromatic rings. The Morgan fingerprint density at radius 1 is 1.12 bits per heavy atom. The van der Waals surface area contributed by atoms with E-state index in [2.05, 4.69) is 21.2 Å². The van der Waals surface area contributed by atoms with Crippen molar-refractivity contribution in [2.24, 2.45) is 0 Å². The number of carbonyl (C=O) groups is 3. The van der Waals surface area contributed by atoms with Crippen LogP contribution in [0.5, 0.6) is 0 Å². The van der Waals surface area contributed by atoms with Gasteiger partial charge < -0.3 is 11.1 Å². The highest BCUT2D eigenvalue weighted by Gasteiger charge is 2.27. The lowest BCUT2D eigenvalue weighted by molar-refractivity contribution is -0.136. The Balaban J connectivity index is 2.24. The Kier molecular flexibility index (Phi) is 5.35. The zero-order chi connectivity index (χ0) is 17.9. The number of hydrogen-bond donors (Lipinski definition) is 2. The minimum Gasteiger partial charge on any atom is -0.399 e. The number of halogens is 1. The average Bonchev–Trinajstić information content (AvgIpc) is 2.50. The molecule has 0 radical (unpaired) electrons. The predicted octanol–water partition coefficient (Wildman–Crippen LogP) is 2.86. The first-order valence-electron chi connectivity index (χ1n) is 7.07. The summed E-state index contributed by atoms with van der Waals surface area (Å²) in [6.07, 6.45) is 0. The molecule has 0 aliphatic carbocycles. The predicted molar refractivity (Wildman–Crippen MR) is 96.5 cm³/mol. The van der Waals surface area contributed by atoms with Crippen molar-refractivity contribution in [3.63, 3.8) is 0 Å². The second-order valence-corrected chi connectivity index (χ2v) is 6.03. The monoisotopic (exact) mass is 389 g/mol. The van der Waals surface area contributed by atoms with Crippen molar-refractivity contribution < 1.29 is 14.4 Å². The van der Waals surface area contributed by atoms with E-state index < -0.39 is 17.7 Å². The van der Waals surface area contributed by atoms with Crippen LogP contribution in [0.1, 0.15) is 12.5 Å². The van der Waals surface area contributed by atoms with Gasteiger partial charge in [-0.05, 0) is 48.9 Å². The van der Waals surface area contributed by atoms with Gasteiger partial charge in [-0.2, -0.15) is 0 Å². The summed E-state index contributed by atoms with van der Waals surface area (Å²) in [5.74, 6) is -2.46. The summed E-state index contributed by atoms with van der Waals surface area (Å²) in [5, 5.41) is 2.50. The van der Waals surface area contributed by atoms with E-state index in [1.807, 2.05) is 6.92 Å². The Hall–Kier alpha value is -2.67. The van der Waals surface area contributed by atoms with Crippen LogP contribution in [-0.4, -0.2) is 17.7 Å². The highest BCUT2D eigenvalue weighted by atomic mass is 79.9. The molecule has 0 fully saturated rings. The Morgan fingerprint density at radius 3 is 2.42 bits per heavy atom. The molecule has 6 nitrogen and oxygen atoms in total. The van der Waals surface area contributed by atoms with Gasteiger partial charge in [0.05, 0.1) is 5.69 Å². The first kappa shape index (κ1) is 17.7. The number of benzene rings is 2. The van der Waals surface area contributed by atoms with Gasteiger partial charge in [0.15, 0.2) is 0 Å². The SMILES string of the molecule is CC(=O)N(C(=O)C(=O)Nc1ccc(Br)c(C)c1)c1cccc(N)c1. The van der Waals surface area contributed by atoms with E-state index in [-0.39, 0.29) is 5.69 Å². The van der Waals surface area contributed by atoms with Crippen LogP contribution in [0.4, 0.5) is 17.1 Å². The van der Waals surface area contributed by atoms with E-state index >= 15 is 0 Å². The molecule has 0 bridgehead atoms. The van der Waals surface area contributed by atoms with Crippen molar-refractivity contribution in [2.75, 3.05) is 16.0 Å². The molecule has 0 aliphatic heterocycles. The first-order valence-corrected chi connectivity index (χ1v) is 7.86. The second-order valence-electron chi connectivity index (χ2n) is 5.17. The third kappa shape index (κ3) is 3.99. The highest BCUT2D eigenvalue weighted by molar-refractivity contribution is 9.10. The maximum atomic E-state index is 12.4. The van der Waals surface area contributed by atoms with Gasteiger partial charge in [-0.15, -0.1) is 0 Å². The number of amides is 3. The van der Waals surface area contributed by atoms with Crippen LogP contribution >= 0.6 is 15.9 Å². The molecule has 2 aromatic carbocycles. The van der Waals surface area contributed by atoms with Gasteiger partial charge in [-0.1, -0.05) is 22.0 Å². The van der Waals surface area contributed by atoms with Crippen molar-refractivity contribution >= 4 is 50.7 Å². The smallest absolute Gasteiger partial charge is 0.323 e.